The van der Waals surface area contributed by atoms with Gasteiger partial charge in [0.1, 0.15) is 17.7 Å². The number of aryl methyl sites for hydroxylation is 2. The molecule has 5 rings (SSSR count). The Morgan fingerprint density at radius 1 is 1.07 bits per heavy atom. The fraction of sp³-hybridized carbons (Fsp3) is 0.400. The van der Waals surface area contributed by atoms with E-state index in [0.717, 1.165) is 64.6 Å². The van der Waals surface area contributed by atoms with Gasteiger partial charge in [0.15, 0.2) is 0 Å². The SMILES string of the molecule is CN(C)S(=O)(=O)N[C@@H](Cn1cc(CCc2ccccc2)c(N2CCC(Cc3nc4ccccc4[nH]3)CC2)nc1=O)C(=O)O. The van der Waals surface area contributed by atoms with E-state index < -0.39 is 34.5 Å². The summed E-state index contributed by atoms with van der Waals surface area (Å²) in [6.45, 7) is 1.05. The predicted octanol–water partition coefficient (Wildman–Crippen LogP) is 2.21. The molecule has 1 atom stereocenters. The normalized spacial score (nSPS) is 15.3. The number of hydrogen-bond acceptors (Lipinski definition) is 7. The zero-order chi connectivity index (χ0) is 30.6. The van der Waals surface area contributed by atoms with Gasteiger partial charge in [-0.25, -0.2) is 9.78 Å². The van der Waals surface area contributed by atoms with Crippen LogP contribution in [0, 0.1) is 5.92 Å². The van der Waals surface area contributed by atoms with Gasteiger partial charge in [0.25, 0.3) is 10.2 Å². The van der Waals surface area contributed by atoms with Crippen LogP contribution in [0.25, 0.3) is 11.0 Å². The number of aromatic nitrogens is 4. The fourth-order valence-electron chi connectivity index (χ4n) is 5.40. The van der Waals surface area contributed by atoms with Crippen LogP contribution in [-0.2, 0) is 40.8 Å². The van der Waals surface area contributed by atoms with Crippen molar-refractivity contribution in [3.8, 4) is 0 Å². The molecule has 0 amide bonds. The van der Waals surface area contributed by atoms with Gasteiger partial charge in [-0.1, -0.05) is 42.5 Å². The molecule has 4 aromatic rings. The number of aromatic amines is 1. The van der Waals surface area contributed by atoms with E-state index in [1.165, 1.54) is 18.7 Å². The molecule has 0 aliphatic carbocycles. The number of fused-ring (bicyclic) bond motifs is 1. The first kappa shape index (κ1) is 30.4. The lowest BCUT2D eigenvalue weighted by atomic mass is 9.93. The molecule has 3 heterocycles. The summed E-state index contributed by atoms with van der Waals surface area (Å²) in [5.41, 5.74) is 3.29. The minimum atomic E-state index is -4.04. The highest BCUT2D eigenvalue weighted by molar-refractivity contribution is 7.87. The molecule has 1 aliphatic rings. The second-order valence-electron chi connectivity index (χ2n) is 11.1. The number of carbonyl (C=O) groups is 1. The Morgan fingerprint density at radius 2 is 1.77 bits per heavy atom. The summed E-state index contributed by atoms with van der Waals surface area (Å²) in [4.78, 5) is 39.8. The van der Waals surface area contributed by atoms with Gasteiger partial charge in [-0.05, 0) is 49.3 Å². The van der Waals surface area contributed by atoms with Crippen molar-refractivity contribution in [1.29, 1.82) is 0 Å². The van der Waals surface area contributed by atoms with Crippen LogP contribution in [-0.4, -0.2) is 76.5 Å². The maximum Gasteiger partial charge on any atom is 0.349 e. The largest absolute Gasteiger partial charge is 0.480 e. The lowest BCUT2D eigenvalue weighted by Gasteiger charge is -2.33. The van der Waals surface area contributed by atoms with Gasteiger partial charge >= 0.3 is 11.7 Å². The second kappa shape index (κ2) is 13.1. The molecule has 1 fully saturated rings. The van der Waals surface area contributed by atoms with Gasteiger partial charge in [-0.2, -0.15) is 22.4 Å². The standard InChI is InChI=1S/C30H37N7O5S/c1-35(2)43(41,42)34-26(29(38)39)20-37-19-23(13-12-21-8-4-3-5-9-21)28(33-30(37)40)36-16-14-22(15-17-36)18-27-31-24-10-6-7-11-25(24)32-27/h3-11,19,22,26,34H,12-18,20H2,1-2H3,(H,31,32)(H,38,39)/t26-/m0/s1. The summed E-state index contributed by atoms with van der Waals surface area (Å²) in [7, 11) is -1.45. The number of nitrogens with one attached hydrogen (secondary N) is 2. The average molecular weight is 608 g/mol. The monoisotopic (exact) mass is 607 g/mol. The molecule has 13 heteroatoms. The molecule has 1 saturated heterocycles. The molecule has 228 valence electrons. The first-order valence-electron chi connectivity index (χ1n) is 14.3. The zero-order valence-electron chi connectivity index (χ0n) is 24.3. The van der Waals surface area contributed by atoms with E-state index in [9.17, 15) is 23.1 Å². The van der Waals surface area contributed by atoms with Crippen molar-refractivity contribution in [1.82, 2.24) is 28.5 Å². The van der Waals surface area contributed by atoms with Crippen LogP contribution in [0.5, 0.6) is 0 Å². The highest BCUT2D eigenvalue weighted by atomic mass is 32.2. The molecule has 3 N–H and O–H groups in total. The van der Waals surface area contributed by atoms with Crippen molar-refractivity contribution in [2.45, 2.75) is 44.7 Å². The Labute approximate surface area is 250 Å². The number of imidazole rings is 1. The number of piperidine rings is 1. The minimum Gasteiger partial charge on any atom is -0.480 e. The summed E-state index contributed by atoms with van der Waals surface area (Å²) < 4.78 is 28.9. The van der Waals surface area contributed by atoms with Crippen LogP contribution in [0.1, 0.15) is 29.8 Å². The molecule has 0 radical (unpaired) electrons. The van der Waals surface area contributed by atoms with Crippen molar-refractivity contribution >= 4 is 33.0 Å². The Kier molecular flexibility index (Phi) is 9.23. The van der Waals surface area contributed by atoms with Crippen molar-refractivity contribution in [2.24, 2.45) is 5.92 Å². The lowest BCUT2D eigenvalue weighted by molar-refractivity contribution is -0.139. The van der Waals surface area contributed by atoms with Gasteiger partial charge in [0.2, 0.25) is 0 Å². The number of aliphatic carboxylic acids is 1. The molecule has 0 bridgehead atoms. The maximum atomic E-state index is 13.2. The lowest BCUT2D eigenvalue weighted by Crippen LogP contribution is -2.49. The molecule has 0 spiro atoms. The molecule has 12 nitrogen and oxygen atoms in total. The van der Waals surface area contributed by atoms with Crippen LogP contribution >= 0.6 is 0 Å². The molecule has 0 unspecified atom stereocenters. The second-order valence-corrected chi connectivity index (χ2v) is 13.1. The number of H-pyrrole nitrogens is 1. The topological polar surface area (TPSA) is 154 Å². The van der Waals surface area contributed by atoms with Gasteiger partial charge < -0.3 is 15.0 Å². The summed E-state index contributed by atoms with van der Waals surface area (Å²) in [5, 5.41) is 9.73. The van der Waals surface area contributed by atoms with Crippen LogP contribution in [0.4, 0.5) is 5.82 Å². The van der Waals surface area contributed by atoms with Gasteiger partial charge in [-0.3, -0.25) is 9.36 Å². The molecular weight excluding hydrogens is 570 g/mol. The third kappa shape index (κ3) is 7.48. The molecule has 43 heavy (non-hydrogen) atoms. The Hall–Kier alpha value is -4.07. The molecule has 1 aliphatic heterocycles. The number of benzene rings is 2. The number of hydrogen-bond donors (Lipinski definition) is 3. The Bertz CT molecular complexity index is 1700. The number of carboxylic acid groups (broad SMARTS) is 1. The summed E-state index contributed by atoms with van der Waals surface area (Å²) in [5.74, 6) is 0.617. The van der Waals surface area contributed by atoms with E-state index in [1.54, 1.807) is 6.20 Å². The fourth-order valence-corrected chi connectivity index (χ4v) is 6.15. The van der Waals surface area contributed by atoms with E-state index in [1.807, 2.05) is 54.6 Å². The Balaban J connectivity index is 1.35. The minimum absolute atomic E-state index is 0.396. The van der Waals surface area contributed by atoms with E-state index in [2.05, 4.69) is 19.6 Å². The van der Waals surface area contributed by atoms with E-state index in [4.69, 9.17) is 4.98 Å². The first-order valence-corrected chi connectivity index (χ1v) is 15.8. The van der Waals surface area contributed by atoms with Crippen LogP contribution in [0.3, 0.4) is 0 Å². The number of para-hydroxylation sites is 2. The van der Waals surface area contributed by atoms with Crippen LogP contribution < -0.4 is 15.3 Å². The van der Waals surface area contributed by atoms with Gasteiger partial charge in [0, 0.05) is 45.4 Å². The third-order valence-electron chi connectivity index (χ3n) is 7.86. The van der Waals surface area contributed by atoms with Crippen molar-refractivity contribution in [2.75, 3.05) is 32.1 Å². The molecule has 2 aromatic heterocycles. The number of carboxylic acids is 1. The highest BCUT2D eigenvalue weighted by Gasteiger charge is 2.28. The maximum absolute atomic E-state index is 13.2. The number of anilines is 1. The van der Waals surface area contributed by atoms with Crippen molar-refractivity contribution in [3.05, 3.63) is 88.2 Å². The van der Waals surface area contributed by atoms with Crippen LogP contribution in [0.2, 0.25) is 0 Å². The highest BCUT2D eigenvalue weighted by Crippen LogP contribution is 2.27. The molecule has 2 aromatic carbocycles. The smallest absolute Gasteiger partial charge is 0.349 e. The zero-order valence-corrected chi connectivity index (χ0v) is 25.1. The van der Waals surface area contributed by atoms with Gasteiger partial charge in [0.05, 0.1) is 17.6 Å². The molecule has 0 saturated carbocycles. The molecular formula is C30H37N7O5S. The first-order chi connectivity index (χ1) is 20.6. The van der Waals surface area contributed by atoms with E-state index in [-0.39, 0.29) is 0 Å². The summed E-state index contributed by atoms with van der Waals surface area (Å²) in [6.07, 6.45) is 5.57. The van der Waals surface area contributed by atoms with Gasteiger partial charge in [-0.15, -0.1) is 0 Å². The average Bonchev–Trinajstić information content (AvgIpc) is 3.40. The van der Waals surface area contributed by atoms with Crippen LogP contribution in [0.15, 0.2) is 65.6 Å². The van der Waals surface area contributed by atoms with E-state index in [0.29, 0.717) is 24.6 Å². The predicted molar refractivity (Wildman–Crippen MR) is 164 cm³/mol. The number of rotatable bonds is 12. The third-order valence-corrected chi connectivity index (χ3v) is 9.40. The Morgan fingerprint density at radius 3 is 2.44 bits per heavy atom. The summed E-state index contributed by atoms with van der Waals surface area (Å²) in [6, 6.07) is 16.4. The van der Waals surface area contributed by atoms with Crippen molar-refractivity contribution in [3.63, 3.8) is 0 Å². The quantitative estimate of drug-likeness (QED) is 0.222. The van der Waals surface area contributed by atoms with Crippen molar-refractivity contribution < 1.29 is 18.3 Å². The van der Waals surface area contributed by atoms with E-state index >= 15 is 0 Å². The number of nitrogens with zero attached hydrogens (tertiary/aromatic N) is 5. The summed E-state index contributed by atoms with van der Waals surface area (Å²) >= 11 is 0.